The van der Waals surface area contributed by atoms with Gasteiger partial charge in [0.1, 0.15) is 0 Å². The van der Waals surface area contributed by atoms with Gasteiger partial charge in [0, 0.05) is 11.6 Å². The predicted molar refractivity (Wildman–Crippen MR) is 88.8 cm³/mol. The van der Waals surface area contributed by atoms with Crippen molar-refractivity contribution in [2.75, 3.05) is 0 Å². The maximum atomic E-state index is 12.3. The number of rotatable bonds is 4. The number of nitrogens with zero attached hydrogens (tertiary/aromatic N) is 2. The van der Waals surface area contributed by atoms with Gasteiger partial charge in [-0.15, -0.1) is 5.10 Å². The summed E-state index contributed by atoms with van der Waals surface area (Å²) in [6, 6.07) is 7.61. The molecule has 0 heterocycles. The third-order valence-corrected chi connectivity index (χ3v) is 3.80. The van der Waals surface area contributed by atoms with Crippen LogP contribution in [0, 0.1) is 0 Å². The second-order valence-corrected chi connectivity index (χ2v) is 5.60. The minimum absolute atomic E-state index is 0.0385. The zero-order chi connectivity index (χ0) is 15.9. The third kappa shape index (κ3) is 4.58. The van der Waals surface area contributed by atoms with Crippen molar-refractivity contribution in [3.05, 3.63) is 35.4 Å². The molecule has 1 aromatic rings. The number of hydrogen-bond acceptors (Lipinski definition) is 3. The molecule has 0 saturated heterocycles. The van der Waals surface area contributed by atoms with Crippen LogP contribution in [0.3, 0.4) is 0 Å². The number of carbonyl (C=O) groups excluding carboxylic acids is 1. The van der Waals surface area contributed by atoms with Crippen LogP contribution in [0.2, 0.25) is 0 Å². The normalized spacial score (nSPS) is 16.1. The summed E-state index contributed by atoms with van der Waals surface area (Å²) < 4.78 is 0. The Morgan fingerprint density at radius 2 is 1.82 bits per heavy atom. The van der Waals surface area contributed by atoms with Crippen molar-refractivity contribution in [1.29, 1.82) is 0 Å². The SMILES string of the molecule is C/C(=N\N=C(N)N)c1cccc(C(=O)NC2CCCCC2)c1. The van der Waals surface area contributed by atoms with Gasteiger partial charge in [0.25, 0.3) is 5.91 Å². The van der Waals surface area contributed by atoms with Gasteiger partial charge >= 0.3 is 0 Å². The highest BCUT2D eigenvalue weighted by atomic mass is 16.1. The van der Waals surface area contributed by atoms with Crippen LogP contribution in [0.15, 0.2) is 34.5 Å². The third-order valence-electron chi connectivity index (χ3n) is 3.80. The molecule has 0 bridgehead atoms. The maximum Gasteiger partial charge on any atom is 0.251 e. The molecule has 1 saturated carbocycles. The minimum atomic E-state index is -0.0921. The molecule has 1 aliphatic rings. The number of amides is 1. The van der Waals surface area contributed by atoms with E-state index in [1.165, 1.54) is 19.3 Å². The standard InChI is InChI=1S/C16H23N5O/c1-11(20-21-16(17)18)12-6-5-7-13(10-12)15(22)19-14-8-3-2-4-9-14/h5-7,10,14H,2-4,8-9H2,1H3,(H,19,22)(H4,17,18,21)/b20-11+. The van der Waals surface area contributed by atoms with Crippen molar-refractivity contribution in [3.8, 4) is 0 Å². The Bertz CT molecular complexity index is 584. The number of hydrogen-bond donors (Lipinski definition) is 3. The fourth-order valence-electron chi connectivity index (χ4n) is 2.59. The fourth-order valence-corrected chi connectivity index (χ4v) is 2.59. The van der Waals surface area contributed by atoms with E-state index in [0.29, 0.717) is 17.3 Å². The molecule has 1 aromatic carbocycles. The highest BCUT2D eigenvalue weighted by molar-refractivity contribution is 6.02. The van der Waals surface area contributed by atoms with Crippen LogP contribution in [0.5, 0.6) is 0 Å². The van der Waals surface area contributed by atoms with Crippen LogP contribution in [0.25, 0.3) is 0 Å². The lowest BCUT2D eigenvalue weighted by atomic mass is 9.95. The summed E-state index contributed by atoms with van der Waals surface area (Å²) in [5, 5.41) is 10.7. The average Bonchev–Trinajstić information content (AvgIpc) is 2.53. The zero-order valence-corrected chi connectivity index (χ0v) is 12.9. The average molecular weight is 301 g/mol. The van der Waals surface area contributed by atoms with Gasteiger partial charge in [-0.05, 0) is 37.5 Å². The minimum Gasteiger partial charge on any atom is -0.369 e. The van der Waals surface area contributed by atoms with Crippen LogP contribution in [-0.4, -0.2) is 23.6 Å². The van der Waals surface area contributed by atoms with Gasteiger partial charge in [-0.1, -0.05) is 31.4 Å². The Morgan fingerprint density at radius 3 is 2.50 bits per heavy atom. The number of benzene rings is 1. The molecule has 0 spiro atoms. The summed E-state index contributed by atoms with van der Waals surface area (Å²) in [7, 11) is 0. The molecule has 0 aliphatic heterocycles. The number of carbonyl (C=O) groups is 1. The molecular weight excluding hydrogens is 278 g/mol. The van der Waals surface area contributed by atoms with Gasteiger partial charge in [0.05, 0.1) is 5.71 Å². The molecule has 6 heteroatoms. The van der Waals surface area contributed by atoms with Crippen molar-refractivity contribution >= 4 is 17.6 Å². The van der Waals surface area contributed by atoms with Gasteiger partial charge in [-0.3, -0.25) is 4.79 Å². The van der Waals surface area contributed by atoms with Gasteiger partial charge < -0.3 is 16.8 Å². The Labute approximate surface area is 130 Å². The largest absolute Gasteiger partial charge is 0.369 e. The molecule has 2 rings (SSSR count). The summed E-state index contributed by atoms with van der Waals surface area (Å²) in [5.74, 6) is -0.131. The van der Waals surface area contributed by atoms with E-state index in [4.69, 9.17) is 11.5 Å². The molecule has 1 amide bonds. The van der Waals surface area contributed by atoms with E-state index >= 15 is 0 Å². The van der Waals surface area contributed by atoms with Crippen molar-refractivity contribution < 1.29 is 4.79 Å². The molecule has 0 radical (unpaired) electrons. The Morgan fingerprint density at radius 1 is 1.14 bits per heavy atom. The maximum absolute atomic E-state index is 12.3. The monoisotopic (exact) mass is 301 g/mol. The molecule has 1 aliphatic carbocycles. The van der Waals surface area contributed by atoms with Crippen molar-refractivity contribution in [2.24, 2.45) is 21.7 Å². The highest BCUT2D eigenvalue weighted by Gasteiger charge is 2.16. The van der Waals surface area contributed by atoms with Crippen molar-refractivity contribution in [2.45, 2.75) is 45.1 Å². The lowest BCUT2D eigenvalue weighted by Gasteiger charge is -2.22. The van der Waals surface area contributed by atoms with E-state index in [0.717, 1.165) is 18.4 Å². The van der Waals surface area contributed by atoms with E-state index in [-0.39, 0.29) is 11.9 Å². The molecule has 1 fully saturated rings. The van der Waals surface area contributed by atoms with E-state index < -0.39 is 0 Å². The topological polar surface area (TPSA) is 106 Å². The zero-order valence-electron chi connectivity index (χ0n) is 12.9. The predicted octanol–water partition coefficient (Wildman–Crippen LogP) is 1.75. The molecule has 0 unspecified atom stereocenters. The van der Waals surface area contributed by atoms with E-state index in [1.807, 2.05) is 12.1 Å². The first-order valence-corrected chi connectivity index (χ1v) is 7.61. The smallest absolute Gasteiger partial charge is 0.251 e. The lowest BCUT2D eigenvalue weighted by Crippen LogP contribution is -2.36. The number of nitrogens with one attached hydrogen (secondary N) is 1. The molecular formula is C16H23N5O. The molecule has 118 valence electrons. The quantitative estimate of drug-likeness (QED) is 0.448. The Kier molecular flexibility index (Phi) is 5.52. The summed E-state index contributed by atoms with van der Waals surface area (Å²) in [4.78, 5) is 12.3. The van der Waals surface area contributed by atoms with Crippen LogP contribution in [-0.2, 0) is 0 Å². The lowest BCUT2D eigenvalue weighted by molar-refractivity contribution is 0.0927. The summed E-state index contributed by atoms with van der Waals surface area (Å²) in [5.41, 5.74) is 12.6. The second kappa shape index (κ2) is 7.59. The van der Waals surface area contributed by atoms with Crippen molar-refractivity contribution in [3.63, 3.8) is 0 Å². The van der Waals surface area contributed by atoms with Crippen LogP contribution in [0.1, 0.15) is 54.9 Å². The molecule has 5 N–H and O–H groups in total. The van der Waals surface area contributed by atoms with Crippen molar-refractivity contribution in [1.82, 2.24) is 5.32 Å². The summed E-state index contributed by atoms with van der Waals surface area (Å²) in [6.45, 7) is 1.80. The van der Waals surface area contributed by atoms with E-state index in [2.05, 4.69) is 15.5 Å². The molecule has 0 atom stereocenters. The highest BCUT2D eigenvalue weighted by Crippen LogP contribution is 2.18. The number of nitrogens with two attached hydrogens (primary N) is 2. The summed E-state index contributed by atoms with van der Waals surface area (Å²) in [6.07, 6.45) is 5.78. The van der Waals surface area contributed by atoms with E-state index in [9.17, 15) is 4.79 Å². The van der Waals surface area contributed by atoms with E-state index in [1.54, 1.807) is 19.1 Å². The van der Waals surface area contributed by atoms with Gasteiger partial charge in [-0.25, -0.2) is 0 Å². The van der Waals surface area contributed by atoms with Crippen LogP contribution >= 0.6 is 0 Å². The first-order valence-electron chi connectivity index (χ1n) is 7.61. The fraction of sp³-hybridized carbons (Fsp3) is 0.438. The van der Waals surface area contributed by atoms with Gasteiger partial charge in [-0.2, -0.15) is 5.10 Å². The molecule has 6 nitrogen and oxygen atoms in total. The first-order chi connectivity index (χ1) is 10.6. The number of guanidine groups is 1. The van der Waals surface area contributed by atoms with Gasteiger partial charge in [0.2, 0.25) is 5.96 Å². The van der Waals surface area contributed by atoms with Crippen LogP contribution < -0.4 is 16.8 Å². The first kappa shape index (κ1) is 16.0. The summed E-state index contributed by atoms with van der Waals surface area (Å²) >= 11 is 0. The van der Waals surface area contributed by atoms with Gasteiger partial charge in [0.15, 0.2) is 0 Å². The second-order valence-electron chi connectivity index (χ2n) is 5.60. The molecule has 22 heavy (non-hydrogen) atoms. The molecule has 0 aromatic heterocycles. The Balaban J connectivity index is 2.08. The Hall–Kier alpha value is -2.37. The van der Waals surface area contributed by atoms with Crippen LogP contribution in [0.4, 0.5) is 0 Å².